The van der Waals surface area contributed by atoms with Crippen LogP contribution in [0.25, 0.3) is 6.08 Å². The lowest BCUT2D eigenvalue weighted by Gasteiger charge is -2.09. The van der Waals surface area contributed by atoms with Crippen LogP contribution in [0.1, 0.15) is 37.4 Å². The average Bonchev–Trinajstić information content (AvgIpc) is 3.00. The first-order valence-corrected chi connectivity index (χ1v) is 9.76. The zero-order chi connectivity index (χ0) is 19.7. The summed E-state index contributed by atoms with van der Waals surface area (Å²) in [7, 11) is 0. The van der Waals surface area contributed by atoms with E-state index in [1.165, 1.54) is 11.8 Å². The Morgan fingerprint density at radius 1 is 0.929 bits per heavy atom. The van der Waals surface area contributed by atoms with Gasteiger partial charge in [-0.2, -0.15) is 0 Å². The van der Waals surface area contributed by atoms with Crippen LogP contribution in [0, 0.1) is 13.8 Å². The minimum Gasteiger partial charge on any atom is -0.422 e. The van der Waals surface area contributed by atoms with E-state index in [4.69, 9.17) is 4.74 Å². The molecule has 3 nitrogen and oxygen atoms in total. The molecule has 138 valence electrons. The maximum absolute atomic E-state index is 12.7. The van der Waals surface area contributed by atoms with E-state index < -0.39 is 5.97 Å². The summed E-state index contributed by atoms with van der Waals surface area (Å²) in [5, 5.41) is 0. The van der Waals surface area contributed by atoms with Gasteiger partial charge in [0.15, 0.2) is 0 Å². The molecule has 4 heteroatoms. The maximum atomic E-state index is 12.7. The van der Waals surface area contributed by atoms with Crippen LogP contribution >= 0.6 is 11.8 Å². The lowest BCUT2D eigenvalue weighted by molar-refractivity contribution is 0.0734. The zero-order valence-corrected chi connectivity index (χ0v) is 16.4. The Morgan fingerprint density at radius 2 is 1.71 bits per heavy atom. The highest BCUT2D eigenvalue weighted by molar-refractivity contribution is 8.04. The minimum absolute atomic E-state index is 0.00179. The number of ketones is 1. The summed E-state index contributed by atoms with van der Waals surface area (Å²) < 4.78 is 5.66. The molecule has 0 bridgehead atoms. The smallest absolute Gasteiger partial charge is 0.343 e. The molecule has 0 aromatic heterocycles. The number of carbonyl (C=O) groups excluding carboxylic acids is 2. The van der Waals surface area contributed by atoms with Gasteiger partial charge in [0.2, 0.25) is 5.78 Å². The van der Waals surface area contributed by atoms with Crippen LogP contribution in [-0.2, 0) is 0 Å². The fraction of sp³-hybridized carbons (Fsp3) is 0.0833. The van der Waals surface area contributed by atoms with E-state index in [1.54, 1.807) is 24.3 Å². The molecule has 1 heterocycles. The number of hydrogen-bond donors (Lipinski definition) is 0. The summed E-state index contributed by atoms with van der Waals surface area (Å²) in [5.74, 6) is 0.0212. The number of thioether (sulfide) groups is 1. The Kier molecular flexibility index (Phi) is 4.88. The highest BCUT2D eigenvalue weighted by Crippen LogP contribution is 2.41. The molecular weight excluding hydrogens is 368 g/mol. The molecule has 1 aliphatic rings. The van der Waals surface area contributed by atoms with Crippen molar-refractivity contribution in [3.8, 4) is 5.75 Å². The summed E-state index contributed by atoms with van der Waals surface area (Å²) in [6.07, 6.45) is 1.80. The fourth-order valence-electron chi connectivity index (χ4n) is 3.08. The number of hydrogen-bond acceptors (Lipinski definition) is 4. The number of fused-ring (bicyclic) bond motifs is 1. The number of Topliss-reactive ketones (excluding diaryl/α,β-unsaturated/α-hetero) is 1. The predicted octanol–water partition coefficient (Wildman–Crippen LogP) is 5.85. The van der Waals surface area contributed by atoms with Crippen molar-refractivity contribution in [2.24, 2.45) is 0 Å². The minimum atomic E-state index is -0.416. The molecule has 3 aromatic rings. The van der Waals surface area contributed by atoms with Crippen LogP contribution in [0.4, 0.5) is 0 Å². The quantitative estimate of drug-likeness (QED) is 0.322. The van der Waals surface area contributed by atoms with Gasteiger partial charge < -0.3 is 4.74 Å². The Bertz CT molecular complexity index is 1130. The third kappa shape index (κ3) is 3.64. The van der Waals surface area contributed by atoms with Gasteiger partial charge in [0, 0.05) is 16.0 Å². The van der Waals surface area contributed by atoms with Crippen molar-refractivity contribution in [2.45, 2.75) is 18.7 Å². The number of benzene rings is 3. The summed E-state index contributed by atoms with van der Waals surface area (Å²) in [5.41, 5.74) is 3.94. The lowest BCUT2D eigenvalue weighted by atomic mass is 10.1. The van der Waals surface area contributed by atoms with Crippen LogP contribution < -0.4 is 4.74 Å². The Labute approximate surface area is 168 Å². The van der Waals surface area contributed by atoms with Crippen molar-refractivity contribution in [1.82, 2.24) is 0 Å². The molecule has 0 radical (unpaired) electrons. The van der Waals surface area contributed by atoms with Crippen molar-refractivity contribution < 1.29 is 14.3 Å². The van der Waals surface area contributed by atoms with Gasteiger partial charge in [-0.15, -0.1) is 0 Å². The van der Waals surface area contributed by atoms with Gasteiger partial charge in [0.25, 0.3) is 0 Å². The summed E-state index contributed by atoms with van der Waals surface area (Å²) in [4.78, 5) is 26.8. The highest BCUT2D eigenvalue weighted by Gasteiger charge is 2.25. The zero-order valence-electron chi connectivity index (χ0n) is 15.6. The molecule has 4 rings (SSSR count). The van der Waals surface area contributed by atoms with Gasteiger partial charge in [-0.25, -0.2) is 4.79 Å². The van der Waals surface area contributed by atoms with Crippen molar-refractivity contribution in [3.63, 3.8) is 0 Å². The number of aryl methyl sites for hydroxylation is 2. The van der Waals surface area contributed by atoms with E-state index in [-0.39, 0.29) is 5.78 Å². The summed E-state index contributed by atoms with van der Waals surface area (Å²) in [6, 6.07) is 20.4. The molecule has 0 saturated heterocycles. The third-order valence-corrected chi connectivity index (χ3v) is 5.58. The molecule has 0 saturated carbocycles. The molecule has 0 aliphatic carbocycles. The van der Waals surface area contributed by atoms with E-state index in [0.717, 1.165) is 16.0 Å². The first kappa shape index (κ1) is 18.3. The van der Waals surface area contributed by atoms with Gasteiger partial charge in [-0.3, -0.25) is 4.79 Å². The second-order valence-corrected chi connectivity index (χ2v) is 7.82. The van der Waals surface area contributed by atoms with Crippen LogP contribution in [0.15, 0.2) is 76.5 Å². The topological polar surface area (TPSA) is 43.4 Å². The molecule has 0 unspecified atom stereocenters. The van der Waals surface area contributed by atoms with Gasteiger partial charge >= 0.3 is 5.97 Å². The van der Waals surface area contributed by atoms with E-state index in [2.05, 4.69) is 0 Å². The molecule has 1 aliphatic heterocycles. The fourth-order valence-corrected chi connectivity index (χ4v) is 4.12. The molecule has 0 amide bonds. The number of allylic oxidation sites excluding steroid dienone is 1. The van der Waals surface area contributed by atoms with Crippen molar-refractivity contribution in [3.05, 3.63) is 99.5 Å². The van der Waals surface area contributed by atoms with Gasteiger partial charge in [-0.05, 0) is 56.3 Å². The molecule has 0 spiro atoms. The maximum Gasteiger partial charge on any atom is 0.343 e. The number of ether oxygens (including phenoxy) is 1. The van der Waals surface area contributed by atoms with Crippen molar-refractivity contribution in [1.29, 1.82) is 0 Å². The van der Waals surface area contributed by atoms with Gasteiger partial charge in [0.05, 0.1) is 10.5 Å². The van der Waals surface area contributed by atoms with Crippen LogP contribution in [0.3, 0.4) is 0 Å². The molecular formula is C24H18O3S. The normalized spacial score (nSPS) is 14.2. The highest BCUT2D eigenvalue weighted by atomic mass is 32.2. The molecule has 3 aromatic carbocycles. The Hall–Kier alpha value is -3.11. The van der Waals surface area contributed by atoms with E-state index >= 15 is 0 Å². The first-order chi connectivity index (χ1) is 13.5. The van der Waals surface area contributed by atoms with Crippen LogP contribution in [0.2, 0.25) is 0 Å². The molecule has 0 fully saturated rings. The van der Waals surface area contributed by atoms with E-state index in [9.17, 15) is 9.59 Å². The molecule has 0 N–H and O–H groups in total. The second-order valence-electron chi connectivity index (χ2n) is 6.74. The second kappa shape index (κ2) is 7.49. The Morgan fingerprint density at radius 3 is 2.50 bits per heavy atom. The van der Waals surface area contributed by atoms with E-state index in [1.807, 2.05) is 62.4 Å². The first-order valence-electron chi connectivity index (χ1n) is 8.94. The molecule has 28 heavy (non-hydrogen) atoms. The number of carbonyl (C=O) groups is 2. The third-order valence-electron chi connectivity index (χ3n) is 4.48. The van der Waals surface area contributed by atoms with Crippen LogP contribution in [-0.4, -0.2) is 11.8 Å². The van der Waals surface area contributed by atoms with E-state index in [0.29, 0.717) is 27.3 Å². The average molecular weight is 386 g/mol. The summed E-state index contributed by atoms with van der Waals surface area (Å²) >= 11 is 1.44. The van der Waals surface area contributed by atoms with Crippen molar-refractivity contribution in [2.75, 3.05) is 0 Å². The monoisotopic (exact) mass is 386 g/mol. The summed E-state index contributed by atoms with van der Waals surface area (Å²) in [6.45, 7) is 3.89. The SMILES string of the molecule is Cc1cccc(C(=O)Oc2ccc(C)cc2/C=C2/Sc3ccccc3C2=O)c1. The number of rotatable bonds is 3. The molecule has 0 atom stereocenters. The predicted molar refractivity (Wildman–Crippen MR) is 112 cm³/mol. The van der Waals surface area contributed by atoms with Crippen molar-refractivity contribution >= 4 is 29.6 Å². The number of esters is 1. The standard InChI is InChI=1S/C24H18O3S/c1-15-6-5-7-17(12-15)24(26)27-20-11-10-16(2)13-18(20)14-22-23(25)19-8-3-4-9-21(19)28-22/h3-14H,1-2H3/b22-14+. The van der Waals surface area contributed by atoms with Crippen LogP contribution in [0.5, 0.6) is 5.75 Å². The van der Waals surface area contributed by atoms with Gasteiger partial charge in [0.1, 0.15) is 5.75 Å². The van der Waals surface area contributed by atoms with Gasteiger partial charge in [-0.1, -0.05) is 53.2 Å². The lowest BCUT2D eigenvalue weighted by Crippen LogP contribution is -2.09. The Balaban J connectivity index is 1.67. The largest absolute Gasteiger partial charge is 0.422 e.